The van der Waals surface area contributed by atoms with Crippen LogP contribution < -0.4 is 20.9 Å². The molecule has 0 bridgehead atoms. The number of nitrogens with zero attached hydrogens (tertiary/aromatic N) is 2. The number of nitrogens with one attached hydrogen (secondary N) is 1. The van der Waals surface area contributed by atoms with Gasteiger partial charge in [0.1, 0.15) is 11.6 Å². The molecule has 3 amide bonds. The van der Waals surface area contributed by atoms with Crippen LogP contribution in [0.3, 0.4) is 0 Å². The second-order valence-electron chi connectivity index (χ2n) is 11.5. The van der Waals surface area contributed by atoms with E-state index >= 15 is 0 Å². The molecule has 0 saturated carbocycles. The first-order valence-corrected chi connectivity index (χ1v) is 13.5. The van der Waals surface area contributed by atoms with Crippen molar-refractivity contribution in [2.24, 2.45) is 23.5 Å². The number of amides is 3. The number of carbonyl (C=O) groups is 4. The Kier molecular flexibility index (Phi) is 9.45. The van der Waals surface area contributed by atoms with Gasteiger partial charge in [-0.25, -0.2) is 8.78 Å². The van der Waals surface area contributed by atoms with Crippen molar-refractivity contribution < 1.29 is 28.0 Å². The third kappa shape index (κ3) is 6.38. The minimum Gasteiger partial charge on any atom is -0.346 e. The molecule has 2 aromatic carbocycles. The number of Topliss-reactive ketones (excluding diaryl/α,β-unsaturated/α-hetero) is 1. The molecule has 3 rings (SSSR count). The molecule has 2 aromatic rings. The Bertz CT molecular complexity index is 1220. The summed E-state index contributed by atoms with van der Waals surface area (Å²) in [4.78, 5) is 58.2. The van der Waals surface area contributed by atoms with Crippen molar-refractivity contribution in [1.29, 1.82) is 0 Å². The minimum absolute atomic E-state index is 0.0182. The third-order valence-corrected chi connectivity index (χ3v) is 6.67. The molecule has 8 nitrogen and oxygen atoms in total. The number of carbonyl (C=O) groups excluding carboxylic acids is 4. The zero-order chi connectivity index (χ0) is 29.9. The van der Waals surface area contributed by atoms with Crippen molar-refractivity contribution >= 4 is 34.9 Å². The highest BCUT2D eigenvalue weighted by atomic mass is 19.1. The zero-order valence-electron chi connectivity index (χ0n) is 23.8. The standard InChI is InChI=1S/C30H38F2N4O4/c1-17(2)15-35-23-9-7-8-10-24(23)36(16-18(3)4)29(40)30(33,28(35)39)27(38)26(19(5)6)34-25(37)13-20-11-21(31)14-22(32)12-20/h7-12,14,17-19,26H,13,15-16,33H2,1-6H3,(H,34,37)/t26-/m0/s1. The van der Waals surface area contributed by atoms with Crippen LogP contribution in [0.25, 0.3) is 0 Å². The van der Waals surface area contributed by atoms with E-state index in [1.54, 1.807) is 38.1 Å². The molecule has 0 radical (unpaired) electrons. The molecule has 1 atom stereocenters. The molecule has 0 spiro atoms. The molecular formula is C30H38F2N4O4. The summed E-state index contributed by atoms with van der Waals surface area (Å²) < 4.78 is 27.3. The van der Waals surface area contributed by atoms with Gasteiger partial charge in [0.15, 0.2) is 5.78 Å². The Balaban J connectivity index is 2.06. The molecule has 0 aromatic heterocycles. The highest BCUT2D eigenvalue weighted by Gasteiger charge is 2.58. The molecule has 1 aliphatic heterocycles. The van der Waals surface area contributed by atoms with Crippen molar-refractivity contribution in [3.8, 4) is 0 Å². The SMILES string of the molecule is CC(C)CN1C(=O)C(N)(C(=O)[C@@H](NC(=O)Cc2cc(F)cc(F)c2)C(C)C)C(=O)N(CC(C)C)c2ccccc21. The lowest BCUT2D eigenvalue weighted by atomic mass is 9.82. The smallest absolute Gasteiger partial charge is 0.264 e. The molecule has 0 fully saturated rings. The van der Waals surface area contributed by atoms with Crippen molar-refractivity contribution in [2.75, 3.05) is 22.9 Å². The fourth-order valence-electron chi connectivity index (χ4n) is 4.86. The van der Waals surface area contributed by atoms with E-state index in [4.69, 9.17) is 5.73 Å². The predicted molar refractivity (Wildman–Crippen MR) is 150 cm³/mol. The molecule has 0 unspecified atom stereocenters. The normalized spacial score (nSPS) is 15.9. The predicted octanol–water partition coefficient (Wildman–Crippen LogP) is 3.61. The lowest BCUT2D eigenvalue weighted by molar-refractivity contribution is -0.144. The van der Waals surface area contributed by atoms with E-state index < -0.39 is 59.1 Å². The molecule has 10 heteroatoms. The minimum atomic E-state index is -2.63. The van der Waals surface area contributed by atoms with Crippen LogP contribution in [0.5, 0.6) is 0 Å². The first-order valence-electron chi connectivity index (χ1n) is 13.5. The average molecular weight is 557 g/mol. The maximum atomic E-state index is 14.2. The maximum absolute atomic E-state index is 14.2. The molecule has 40 heavy (non-hydrogen) atoms. The Labute approximate surface area is 233 Å². The van der Waals surface area contributed by atoms with Gasteiger partial charge < -0.3 is 20.9 Å². The summed E-state index contributed by atoms with van der Waals surface area (Å²) in [6, 6.07) is 8.31. The van der Waals surface area contributed by atoms with E-state index in [0.29, 0.717) is 17.4 Å². The van der Waals surface area contributed by atoms with E-state index in [1.807, 2.05) is 27.7 Å². The number of ketones is 1. The average Bonchev–Trinajstić information content (AvgIpc) is 2.91. The van der Waals surface area contributed by atoms with Crippen LogP contribution in [0, 0.1) is 29.4 Å². The van der Waals surface area contributed by atoms with Crippen LogP contribution in [0.1, 0.15) is 47.1 Å². The molecule has 1 heterocycles. The summed E-state index contributed by atoms with van der Waals surface area (Å²) in [6.45, 7) is 11.3. The lowest BCUT2D eigenvalue weighted by Crippen LogP contribution is -2.72. The van der Waals surface area contributed by atoms with Gasteiger partial charge in [0.25, 0.3) is 11.8 Å². The summed E-state index contributed by atoms with van der Waals surface area (Å²) in [5.41, 5.74) is 4.99. The van der Waals surface area contributed by atoms with Gasteiger partial charge in [0, 0.05) is 19.2 Å². The number of halogens is 2. The summed E-state index contributed by atoms with van der Waals surface area (Å²) in [5.74, 6) is -5.70. The van der Waals surface area contributed by atoms with E-state index in [9.17, 15) is 28.0 Å². The maximum Gasteiger partial charge on any atom is 0.264 e. The molecule has 0 saturated heterocycles. The Morgan fingerprint density at radius 1 is 0.850 bits per heavy atom. The zero-order valence-corrected chi connectivity index (χ0v) is 23.8. The molecule has 1 aliphatic rings. The second kappa shape index (κ2) is 12.2. The molecule has 3 N–H and O–H groups in total. The van der Waals surface area contributed by atoms with Crippen LogP contribution in [0.2, 0.25) is 0 Å². The highest BCUT2D eigenvalue weighted by molar-refractivity contribution is 6.37. The van der Waals surface area contributed by atoms with Crippen LogP contribution in [-0.4, -0.2) is 48.2 Å². The van der Waals surface area contributed by atoms with Gasteiger partial charge in [-0.3, -0.25) is 19.2 Å². The Morgan fingerprint density at radius 2 is 1.30 bits per heavy atom. The van der Waals surface area contributed by atoms with Crippen LogP contribution in [0.4, 0.5) is 20.2 Å². The topological polar surface area (TPSA) is 113 Å². The number of para-hydroxylation sites is 2. The number of hydrogen-bond donors (Lipinski definition) is 2. The largest absolute Gasteiger partial charge is 0.346 e. The summed E-state index contributed by atoms with van der Waals surface area (Å²) in [5, 5.41) is 2.57. The third-order valence-electron chi connectivity index (χ3n) is 6.67. The van der Waals surface area contributed by atoms with Gasteiger partial charge in [-0.1, -0.05) is 53.7 Å². The second-order valence-corrected chi connectivity index (χ2v) is 11.5. The first-order chi connectivity index (χ1) is 18.7. The van der Waals surface area contributed by atoms with E-state index in [2.05, 4.69) is 5.32 Å². The van der Waals surface area contributed by atoms with Gasteiger partial charge in [-0.15, -0.1) is 0 Å². The monoisotopic (exact) mass is 556 g/mol. The van der Waals surface area contributed by atoms with Crippen LogP contribution >= 0.6 is 0 Å². The Morgan fingerprint density at radius 3 is 1.70 bits per heavy atom. The fourth-order valence-corrected chi connectivity index (χ4v) is 4.86. The number of nitrogens with two attached hydrogens (primary N) is 1. The number of hydrogen-bond acceptors (Lipinski definition) is 5. The molecule has 216 valence electrons. The van der Waals surface area contributed by atoms with E-state index in [-0.39, 0.29) is 30.5 Å². The molecular weight excluding hydrogens is 518 g/mol. The van der Waals surface area contributed by atoms with Gasteiger partial charge in [-0.2, -0.15) is 0 Å². The molecule has 0 aliphatic carbocycles. The van der Waals surface area contributed by atoms with Crippen LogP contribution in [0.15, 0.2) is 42.5 Å². The quantitative estimate of drug-likeness (QED) is 0.434. The van der Waals surface area contributed by atoms with Crippen molar-refractivity contribution in [3.05, 3.63) is 59.7 Å². The van der Waals surface area contributed by atoms with Gasteiger partial charge in [-0.05, 0) is 47.6 Å². The number of rotatable bonds is 10. The van der Waals surface area contributed by atoms with E-state index in [0.717, 1.165) is 12.1 Å². The Hall–Kier alpha value is -3.66. The van der Waals surface area contributed by atoms with Gasteiger partial charge >= 0.3 is 0 Å². The summed E-state index contributed by atoms with van der Waals surface area (Å²) in [7, 11) is 0. The van der Waals surface area contributed by atoms with Crippen molar-refractivity contribution in [2.45, 2.75) is 59.5 Å². The van der Waals surface area contributed by atoms with Gasteiger partial charge in [0.05, 0.1) is 23.8 Å². The summed E-state index contributed by atoms with van der Waals surface area (Å²) >= 11 is 0. The number of fused-ring (bicyclic) bond motifs is 1. The summed E-state index contributed by atoms with van der Waals surface area (Å²) in [6.07, 6.45) is -0.422. The first kappa shape index (κ1) is 30.9. The van der Waals surface area contributed by atoms with Crippen LogP contribution in [-0.2, 0) is 25.6 Å². The van der Waals surface area contributed by atoms with Crippen molar-refractivity contribution in [3.63, 3.8) is 0 Å². The number of benzene rings is 2. The van der Waals surface area contributed by atoms with Crippen molar-refractivity contribution in [1.82, 2.24) is 5.32 Å². The van der Waals surface area contributed by atoms with Gasteiger partial charge in [0.2, 0.25) is 11.4 Å². The fraction of sp³-hybridized carbons (Fsp3) is 0.467. The lowest BCUT2D eigenvalue weighted by Gasteiger charge is -2.35. The van der Waals surface area contributed by atoms with E-state index in [1.165, 1.54) is 9.80 Å². The number of anilines is 2. The highest BCUT2D eigenvalue weighted by Crippen LogP contribution is 2.37.